The van der Waals surface area contributed by atoms with Crippen LogP contribution in [0, 0.1) is 6.92 Å². The second kappa shape index (κ2) is 8.06. The maximum absolute atomic E-state index is 12.2. The maximum Gasteiger partial charge on any atom is 0.251 e. The molecule has 27 heavy (non-hydrogen) atoms. The third kappa shape index (κ3) is 4.74. The summed E-state index contributed by atoms with van der Waals surface area (Å²) in [7, 11) is -3.60. The first-order valence-electron chi connectivity index (χ1n) is 8.14. The van der Waals surface area contributed by atoms with Gasteiger partial charge in [-0.1, -0.05) is 23.8 Å². The zero-order chi connectivity index (χ0) is 19.3. The van der Waals surface area contributed by atoms with Crippen LogP contribution < -0.4 is 10.0 Å². The van der Waals surface area contributed by atoms with E-state index in [1.807, 2.05) is 6.92 Å². The Labute approximate surface area is 156 Å². The summed E-state index contributed by atoms with van der Waals surface area (Å²) >= 11 is 0. The predicted octanol–water partition coefficient (Wildman–Crippen LogP) is 0.679. The fraction of sp³-hybridized carbons (Fsp3) is 0.176. The molecule has 2 aromatic carbocycles. The first-order valence-corrected chi connectivity index (χ1v) is 9.62. The number of tetrazole rings is 1. The Kier molecular flexibility index (Phi) is 5.57. The van der Waals surface area contributed by atoms with E-state index < -0.39 is 10.0 Å². The summed E-state index contributed by atoms with van der Waals surface area (Å²) in [5, 5.41) is 13.6. The van der Waals surface area contributed by atoms with Crippen LogP contribution in [-0.2, 0) is 10.0 Å². The molecule has 0 bridgehead atoms. The average molecular weight is 386 g/mol. The summed E-state index contributed by atoms with van der Waals surface area (Å²) in [5.41, 5.74) is 2.04. The molecule has 0 atom stereocenters. The van der Waals surface area contributed by atoms with E-state index in [1.165, 1.54) is 11.0 Å². The van der Waals surface area contributed by atoms with Crippen molar-refractivity contribution in [1.82, 2.24) is 30.2 Å². The fourth-order valence-corrected chi connectivity index (χ4v) is 3.37. The minimum absolute atomic E-state index is 0.0780. The highest BCUT2D eigenvalue weighted by atomic mass is 32.2. The second-order valence-corrected chi connectivity index (χ2v) is 7.54. The molecule has 2 N–H and O–H groups in total. The molecular formula is C17H18N6O3S. The lowest BCUT2D eigenvalue weighted by atomic mass is 10.2. The Morgan fingerprint density at radius 1 is 1.11 bits per heavy atom. The number of rotatable bonds is 7. The van der Waals surface area contributed by atoms with Crippen LogP contribution in [0.2, 0.25) is 0 Å². The van der Waals surface area contributed by atoms with Crippen molar-refractivity contribution in [3.8, 4) is 5.69 Å². The van der Waals surface area contributed by atoms with E-state index in [9.17, 15) is 13.2 Å². The van der Waals surface area contributed by atoms with Crippen LogP contribution in [0.1, 0.15) is 15.9 Å². The number of carbonyl (C=O) groups excluding carboxylic acids is 1. The zero-order valence-corrected chi connectivity index (χ0v) is 15.3. The van der Waals surface area contributed by atoms with Crippen LogP contribution in [-0.4, -0.2) is 47.6 Å². The summed E-state index contributed by atoms with van der Waals surface area (Å²) < 4.78 is 28.3. The van der Waals surface area contributed by atoms with E-state index in [-0.39, 0.29) is 23.9 Å². The maximum atomic E-state index is 12.2. The fourth-order valence-electron chi connectivity index (χ4n) is 2.33. The number of hydrogen-bond donors (Lipinski definition) is 2. The van der Waals surface area contributed by atoms with Crippen LogP contribution in [0.25, 0.3) is 5.69 Å². The van der Waals surface area contributed by atoms with Crippen LogP contribution >= 0.6 is 0 Å². The number of nitrogens with one attached hydrogen (secondary N) is 2. The number of sulfonamides is 1. The molecule has 140 valence electrons. The van der Waals surface area contributed by atoms with Crippen LogP contribution in [0.15, 0.2) is 59.8 Å². The smallest absolute Gasteiger partial charge is 0.251 e. The van der Waals surface area contributed by atoms with Crippen LogP contribution in [0.3, 0.4) is 0 Å². The Balaban J connectivity index is 1.54. The largest absolute Gasteiger partial charge is 0.351 e. The molecule has 0 aliphatic carbocycles. The highest BCUT2D eigenvalue weighted by molar-refractivity contribution is 7.89. The second-order valence-electron chi connectivity index (χ2n) is 5.77. The van der Waals surface area contributed by atoms with Crippen molar-refractivity contribution in [2.75, 3.05) is 13.1 Å². The molecule has 0 radical (unpaired) electrons. The Morgan fingerprint density at radius 3 is 2.59 bits per heavy atom. The minimum Gasteiger partial charge on any atom is -0.351 e. The van der Waals surface area contributed by atoms with Gasteiger partial charge in [-0.25, -0.2) is 17.8 Å². The number of aryl methyl sites for hydroxylation is 1. The molecule has 0 spiro atoms. The molecule has 1 amide bonds. The topological polar surface area (TPSA) is 119 Å². The lowest BCUT2D eigenvalue weighted by molar-refractivity contribution is 0.0954. The normalized spacial score (nSPS) is 11.3. The third-order valence-corrected chi connectivity index (χ3v) is 5.23. The molecule has 0 fully saturated rings. The van der Waals surface area contributed by atoms with Crippen molar-refractivity contribution in [1.29, 1.82) is 0 Å². The number of aromatic nitrogens is 4. The number of benzene rings is 2. The van der Waals surface area contributed by atoms with Gasteiger partial charge in [-0.15, -0.1) is 5.10 Å². The van der Waals surface area contributed by atoms with Crippen molar-refractivity contribution in [3.05, 3.63) is 66.0 Å². The number of amides is 1. The van der Waals surface area contributed by atoms with Crippen molar-refractivity contribution < 1.29 is 13.2 Å². The van der Waals surface area contributed by atoms with Gasteiger partial charge in [0.1, 0.15) is 6.33 Å². The van der Waals surface area contributed by atoms with Crippen molar-refractivity contribution in [2.24, 2.45) is 0 Å². The summed E-state index contributed by atoms with van der Waals surface area (Å²) in [6.07, 6.45) is 1.43. The van der Waals surface area contributed by atoms with E-state index in [1.54, 1.807) is 48.5 Å². The first-order chi connectivity index (χ1) is 13.0. The van der Waals surface area contributed by atoms with E-state index in [0.717, 1.165) is 5.56 Å². The van der Waals surface area contributed by atoms with Crippen molar-refractivity contribution in [2.45, 2.75) is 11.8 Å². The van der Waals surface area contributed by atoms with Gasteiger partial charge in [0.2, 0.25) is 10.0 Å². The summed E-state index contributed by atoms with van der Waals surface area (Å²) in [4.78, 5) is 12.4. The zero-order valence-electron chi connectivity index (χ0n) is 14.5. The number of nitrogens with zero attached hydrogens (tertiary/aromatic N) is 4. The molecule has 0 unspecified atom stereocenters. The Hall–Kier alpha value is -3.11. The van der Waals surface area contributed by atoms with Crippen LogP contribution in [0.4, 0.5) is 0 Å². The molecule has 10 heteroatoms. The quantitative estimate of drug-likeness (QED) is 0.577. The molecular weight excluding hydrogens is 368 g/mol. The van der Waals surface area contributed by atoms with E-state index in [4.69, 9.17) is 0 Å². The number of hydrogen-bond acceptors (Lipinski definition) is 6. The summed E-state index contributed by atoms with van der Waals surface area (Å²) in [5.74, 6) is -0.320. The van der Waals surface area contributed by atoms with Gasteiger partial charge in [0, 0.05) is 18.7 Å². The van der Waals surface area contributed by atoms with Crippen LogP contribution in [0.5, 0.6) is 0 Å². The average Bonchev–Trinajstić information content (AvgIpc) is 3.20. The Bertz CT molecular complexity index is 1020. The monoisotopic (exact) mass is 386 g/mol. The first kappa shape index (κ1) is 18.7. The molecule has 0 aliphatic rings. The molecule has 3 aromatic rings. The standard InChI is InChI=1S/C17H18N6O3S/c1-13-5-7-16(8-6-13)27(25,26)20-10-9-18-17(24)14-3-2-4-15(11-14)23-12-19-21-22-23/h2-8,11-12,20H,9-10H2,1H3,(H,18,24). The van der Waals surface area contributed by atoms with Crippen molar-refractivity contribution in [3.63, 3.8) is 0 Å². The highest BCUT2D eigenvalue weighted by Crippen LogP contribution is 2.10. The summed E-state index contributed by atoms with van der Waals surface area (Å²) in [6, 6.07) is 13.3. The Morgan fingerprint density at radius 2 is 1.89 bits per heavy atom. The lowest BCUT2D eigenvalue weighted by Gasteiger charge is -2.09. The van der Waals surface area contributed by atoms with Gasteiger partial charge in [-0.05, 0) is 47.7 Å². The van der Waals surface area contributed by atoms with Crippen molar-refractivity contribution >= 4 is 15.9 Å². The molecule has 0 saturated carbocycles. The SMILES string of the molecule is Cc1ccc(S(=O)(=O)NCCNC(=O)c2cccc(-n3cnnn3)c2)cc1. The molecule has 0 aliphatic heterocycles. The predicted molar refractivity (Wildman–Crippen MR) is 97.9 cm³/mol. The van der Waals surface area contributed by atoms with E-state index in [2.05, 4.69) is 25.6 Å². The van der Waals surface area contributed by atoms with Gasteiger partial charge >= 0.3 is 0 Å². The van der Waals surface area contributed by atoms with Gasteiger partial charge in [-0.2, -0.15) is 0 Å². The highest BCUT2D eigenvalue weighted by Gasteiger charge is 2.13. The van der Waals surface area contributed by atoms with Gasteiger partial charge in [0.15, 0.2) is 0 Å². The van der Waals surface area contributed by atoms with Gasteiger partial charge in [0.05, 0.1) is 10.6 Å². The third-order valence-electron chi connectivity index (χ3n) is 3.76. The van der Waals surface area contributed by atoms with E-state index >= 15 is 0 Å². The van der Waals surface area contributed by atoms with Gasteiger partial charge in [0.25, 0.3) is 5.91 Å². The molecule has 1 aromatic heterocycles. The summed E-state index contributed by atoms with van der Waals surface area (Å²) in [6.45, 7) is 2.11. The molecule has 0 saturated heterocycles. The molecule has 3 rings (SSSR count). The lowest BCUT2D eigenvalue weighted by Crippen LogP contribution is -2.34. The molecule has 1 heterocycles. The van der Waals surface area contributed by atoms with E-state index in [0.29, 0.717) is 11.3 Å². The van der Waals surface area contributed by atoms with Gasteiger partial charge in [-0.3, -0.25) is 4.79 Å². The van der Waals surface area contributed by atoms with Gasteiger partial charge < -0.3 is 5.32 Å². The number of carbonyl (C=O) groups is 1. The minimum atomic E-state index is -3.60. The molecule has 9 nitrogen and oxygen atoms in total.